The molecule has 0 aliphatic carbocycles. The molecule has 2 atom stereocenters. The summed E-state index contributed by atoms with van der Waals surface area (Å²) in [7, 11) is 0. The molecule has 0 bridgehead atoms. The molecule has 0 aromatic carbocycles. The molecule has 0 amide bonds. The SMILES string of the molecule is CC(C)N1CCCC(c2cn3c(n2)CCCC3CO)C1. The van der Waals surface area contributed by atoms with Gasteiger partial charge < -0.3 is 14.6 Å². The minimum atomic E-state index is 0.242. The number of aliphatic hydroxyl groups is 1. The molecule has 20 heavy (non-hydrogen) atoms. The fourth-order valence-electron chi connectivity index (χ4n) is 3.68. The van der Waals surface area contributed by atoms with Gasteiger partial charge in [-0.3, -0.25) is 0 Å². The molecule has 1 N–H and O–H groups in total. The third kappa shape index (κ3) is 2.63. The van der Waals surface area contributed by atoms with E-state index in [2.05, 4.69) is 29.5 Å². The summed E-state index contributed by atoms with van der Waals surface area (Å²) in [6.45, 7) is 7.16. The molecule has 0 saturated carbocycles. The van der Waals surface area contributed by atoms with E-state index in [0.29, 0.717) is 12.0 Å². The first-order valence-electron chi connectivity index (χ1n) is 8.11. The number of aromatic nitrogens is 2. The predicted molar refractivity (Wildman–Crippen MR) is 80.0 cm³/mol. The number of imidazole rings is 1. The number of likely N-dealkylation sites (tertiary alicyclic amines) is 1. The molecule has 112 valence electrons. The van der Waals surface area contributed by atoms with Crippen molar-refractivity contribution < 1.29 is 5.11 Å². The molecular weight excluding hydrogens is 250 g/mol. The van der Waals surface area contributed by atoms with E-state index in [1.165, 1.54) is 30.9 Å². The number of hydrogen-bond acceptors (Lipinski definition) is 3. The van der Waals surface area contributed by atoms with Crippen LogP contribution in [0.1, 0.15) is 63.0 Å². The van der Waals surface area contributed by atoms with Gasteiger partial charge in [-0.1, -0.05) is 0 Å². The van der Waals surface area contributed by atoms with Crippen molar-refractivity contribution in [1.82, 2.24) is 14.5 Å². The van der Waals surface area contributed by atoms with E-state index in [4.69, 9.17) is 4.98 Å². The molecule has 3 rings (SSSR count). The Hall–Kier alpha value is -0.870. The van der Waals surface area contributed by atoms with Crippen LogP contribution in [0.2, 0.25) is 0 Å². The third-order valence-corrected chi connectivity index (χ3v) is 4.97. The standard InChI is InChI=1S/C16H27N3O/c1-12(2)18-8-4-5-13(9-18)15-10-19-14(11-20)6-3-7-16(19)17-15/h10,12-14,20H,3-9,11H2,1-2H3. The first-order chi connectivity index (χ1) is 9.69. The number of fused-ring (bicyclic) bond motifs is 1. The largest absolute Gasteiger partial charge is 0.394 e. The number of piperidine rings is 1. The number of hydrogen-bond donors (Lipinski definition) is 1. The summed E-state index contributed by atoms with van der Waals surface area (Å²) >= 11 is 0. The van der Waals surface area contributed by atoms with Crippen molar-refractivity contribution in [2.45, 2.75) is 64.0 Å². The lowest BCUT2D eigenvalue weighted by atomic mass is 9.94. The van der Waals surface area contributed by atoms with Crippen LogP contribution >= 0.6 is 0 Å². The summed E-state index contributed by atoms with van der Waals surface area (Å²) in [5, 5.41) is 9.52. The molecule has 0 radical (unpaired) electrons. The first-order valence-corrected chi connectivity index (χ1v) is 8.11. The minimum absolute atomic E-state index is 0.242. The maximum atomic E-state index is 9.52. The van der Waals surface area contributed by atoms with E-state index in [-0.39, 0.29) is 12.6 Å². The topological polar surface area (TPSA) is 41.3 Å². The van der Waals surface area contributed by atoms with Gasteiger partial charge in [-0.15, -0.1) is 0 Å². The second-order valence-corrected chi connectivity index (χ2v) is 6.65. The number of aliphatic hydroxyl groups excluding tert-OH is 1. The summed E-state index contributed by atoms with van der Waals surface area (Å²) in [4.78, 5) is 7.46. The normalized spacial score (nSPS) is 27.8. The highest BCUT2D eigenvalue weighted by Crippen LogP contribution is 2.31. The molecule has 1 saturated heterocycles. The minimum Gasteiger partial charge on any atom is -0.394 e. The number of rotatable bonds is 3. The molecule has 3 heterocycles. The smallest absolute Gasteiger partial charge is 0.109 e. The summed E-state index contributed by atoms with van der Waals surface area (Å²) in [5.74, 6) is 1.76. The van der Waals surface area contributed by atoms with Crippen LogP contribution in [0.4, 0.5) is 0 Å². The zero-order chi connectivity index (χ0) is 14.1. The lowest BCUT2D eigenvalue weighted by molar-refractivity contribution is 0.166. The van der Waals surface area contributed by atoms with E-state index >= 15 is 0 Å². The molecule has 4 nitrogen and oxygen atoms in total. The van der Waals surface area contributed by atoms with Crippen LogP contribution in [0, 0.1) is 0 Å². The van der Waals surface area contributed by atoms with Crippen LogP contribution in [-0.2, 0) is 6.42 Å². The highest BCUT2D eigenvalue weighted by atomic mass is 16.3. The molecule has 2 aliphatic heterocycles. The van der Waals surface area contributed by atoms with Crippen molar-refractivity contribution in [3.63, 3.8) is 0 Å². The maximum absolute atomic E-state index is 9.52. The molecule has 1 fully saturated rings. The lowest BCUT2D eigenvalue weighted by Gasteiger charge is -2.34. The van der Waals surface area contributed by atoms with Crippen LogP contribution in [0.5, 0.6) is 0 Å². The Balaban J connectivity index is 1.79. The van der Waals surface area contributed by atoms with Gasteiger partial charge in [-0.05, 0) is 46.1 Å². The van der Waals surface area contributed by atoms with Gasteiger partial charge in [0, 0.05) is 31.1 Å². The van der Waals surface area contributed by atoms with Gasteiger partial charge in [0.25, 0.3) is 0 Å². The van der Waals surface area contributed by atoms with Gasteiger partial charge in [0.2, 0.25) is 0 Å². The monoisotopic (exact) mass is 277 g/mol. The summed E-state index contributed by atoms with van der Waals surface area (Å²) in [6.07, 6.45) is 8.06. The molecule has 2 unspecified atom stereocenters. The Bertz CT molecular complexity index is 455. The summed E-state index contributed by atoms with van der Waals surface area (Å²) in [6, 6.07) is 0.880. The molecule has 2 aliphatic rings. The van der Waals surface area contributed by atoms with Crippen LogP contribution < -0.4 is 0 Å². The Labute approximate surface area is 121 Å². The molecule has 0 spiro atoms. The van der Waals surface area contributed by atoms with E-state index in [0.717, 1.165) is 25.8 Å². The van der Waals surface area contributed by atoms with Crippen LogP contribution in [0.25, 0.3) is 0 Å². The fraction of sp³-hybridized carbons (Fsp3) is 0.812. The van der Waals surface area contributed by atoms with Gasteiger partial charge >= 0.3 is 0 Å². The zero-order valence-electron chi connectivity index (χ0n) is 12.8. The second kappa shape index (κ2) is 5.86. The number of nitrogens with zero attached hydrogens (tertiary/aromatic N) is 3. The highest BCUT2D eigenvalue weighted by Gasteiger charge is 2.27. The fourth-order valence-corrected chi connectivity index (χ4v) is 3.68. The van der Waals surface area contributed by atoms with Crippen molar-refractivity contribution in [3.8, 4) is 0 Å². The van der Waals surface area contributed by atoms with Crippen molar-refractivity contribution in [1.29, 1.82) is 0 Å². The average molecular weight is 277 g/mol. The zero-order valence-corrected chi connectivity index (χ0v) is 12.8. The van der Waals surface area contributed by atoms with Gasteiger partial charge in [-0.25, -0.2) is 4.98 Å². The van der Waals surface area contributed by atoms with Crippen molar-refractivity contribution in [2.24, 2.45) is 0 Å². The summed E-state index contributed by atoms with van der Waals surface area (Å²) in [5.41, 5.74) is 1.26. The van der Waals surface area contributed by atoms with Crippen molar-refractivity contribution >= 4 is 0 Å². The molecular formula is C16H27N3O. The Kier molecular flexibility index (Phi) is 4.13. The number of aryl methyl sites for hydroxylation is 1. The van der Waals surface area contributed by atoms with Gasteiger partial charge in [0.15, 0.2) is 0 Å². The Morgan fingerprint density at radius 1 is 1.35 bits per heavy atom. The van der Waals surface area contributed by atoms with E-state index in [1.54, 1.807) is 0 Å². The van der Waals surface area contributed by atoms with Gasteiger partial charge in [0.1, 0.15) is 5.82 Å². The van der Waals surface area contributed by atoms with E-state index < -0.39 is 0 Å². The third-order valence-electron chi connectivity index (χ3n) is 4.97. The average Bonchev–Trinajstić information content (AvgIpc) is 2.91. The van der Waals surface area contributed by atoms with Crippen LogP contribution in [-0.4, -0.2) is 45.3 Å². The van der Waals surface area contributed by atoms with Crippen molar-refractivity contribution in [3.05, 3.63) is 17.7 Å². The first kappa shape index (κ1) is 14.1. The Morgan fingerprint density at radius 3 is 2.95 bits per heavy atom. The molecule has 1 aromatic heterocycles. The maximum Gasteiger partial charge on any atom is 0.109 e. The van der Waals surface area contributed by atoms with Gasteiger partial charge in [-0.2, -0.15) is 0 Å². The molecule has 1 aromatic rings. The molecule has 4 heteroatoms. The quantitative estimate of drug-likeness (QED) is 0.922. The van der Waals surface area contributed by atoms with Gasteiger partial charge in [0.05, 0.1) is 18.3 Å². The van der Waals surface area contributed by atoms with Crippen LogP contribution in [0.15, 0.2) is 6.20 Å². The predicted octanol–water partition coefficient (Wildman–Crippen LogP) is 2.34. The van der Waals surface area contributed by atoms with E-state index in [9.17, 15) is 5.11 Å². The summed E-state index contributed by atoms with van der Waals surface area (Å²) < 4.78 is 2.24. The highest BCUT2D eigenvalue weighted by molar-refractivity contribution is 5.14. The Morgan fingerprint density at radius 2 is 2.20 bits per heavy atom. The lowest BCUT2D eigenvalue weighted by Crippen LogP contribution is -2.39. The second-order valence-electron chi connectivity index (χ2n) is 6.65. The van der Waals surface area contributed by atoms with Crippen LogP contribution in [0.3, 0.4) is 0 Å². The van der Waals surface area contributed by atoms with E-state index in [1.807, 2.05) is 0 Å². The van der Waals surface area contributed by atoms with Crippen molar-refractivity contribution in [2.75, 3.05) is 19.7 Å².